The number of nitrogens with zero attached hydrogens (tertiary/aromatic N) is 1. The molecule has 4 nitrogen and oxygen atoms in total. The minimum absolute atomic E-state index is 0.218. The molecule has 0 spiro atoms. The SMILES string of the molecule is COc1ccccc1CN1CCC(C(=O)O)C1. The smallest absolute Gasteiger partial charge is 0.307 e. The van der Waals surface area contributed by atoms with Gasteiger partial charge in [0.05, 0.1) is 13.0 Å². The summed E-state index contributed by atoms with van der Waals surface area (Å²) in [6.07, 6.45) is 0.741. The van der Waals surface area contributed by atoms with Crippen molar-refractivity contribution in [2.24, 2.45) is 5.92 Å². The summed E-state index contributed by atoms with van der Waals surface area (Å²) in [6.45, 7) is 2.23. The second-order valence-corrected chi connectivity index (χ2v) is 4.37. The van der Waals surface area contributed by atoms with E-state index in [2.05, 4.69) is 4.90 Å². The van der Waals surface area contributed by atoms with Crippen LogP contribution in [0.5, 0.6) is 5.75 Å². The number of aliphatic carboxylic acids is 1. The standard InChI is InChI=1S/C13H17NO3/c1-17-12-5-3-2-4-10(12)8-14-7-6-11(9-14)13(15)16/h2-5,11H,6-9H2,1H3,(H,15,16). The number of hydrogen-bond acceptors (Lipinski definition) is 3. The topological polar surface area (TPSA) is 49.8 Å². The van der Waals surface area contributed by atoms with Crippen LogP contribution < -0.4 is 4.74 Å². The van der Waals surface area contributed by atoms with Crippen LogP contribution in [0.2, 0.25) is 0 Å². The number of rotatable bonds is 4. The lowest BCUT2D eigenvalue weighted by atomic mass is 10.1. The Kier molecular flexibility index (Phi) is 3.64. The summed E-state index contributed by atoms with van der Waals surface area (Å²) in [5.41, 5.74) is 1.11. The van der Waals surface area contributed by atoms with E-state index in [1.165, 1.54) is 0 Å². The Hall–Kier alpha value is -1.55. The van der Waals surface area contributed by atoms with Crippen LogP contribution in [-0.4, -0.2) is 36.2 Å². The highest BCUT2D eigenvalue weighted by molar-refractivity contribution is 5.70. The Morgan fingerprint density at radius 3 is 2.94 bits per heavy atom. The summed E-state index contributed by atoms with van der Waals surface area (Å²) < 4.78 is 5.29. The van der Waals surface area contributed by atoms with Crippen LogP contribution in [0.25, 0.3) is 0 Å². The molecule has 92 valence electrons. The van der Waals surface area contributed by atoms with Gasteiger partial charge in [-0.1, -0.05) is 18.2 Å². The first-order valence-corrected chi connectivity index (χ1v) is 5.77. The van der Waals surface area contributed by atoms with Gasteiger partial charge in [0.2, 0.25) is 0 Å². The molecule has 0 aromatic heterocycles. The minimum Gasteiger partial charge on any atom is -0.496 e. The van der Waals surface area contributed by atoms with Crippen molar-refractivity contribution in [2.75, 3.05) is 20.2 Å². The first-order chi connectivity index (χ1) is 8.20. The maximum absolute atomic E-state index is 10.9. The average molecular weight is 235 g/mol. The van der Waals surface area contributed by atoms with Gasteiger partial charge < -0.3 is 9.84 Å². The van der Waals surface area contributed by atoms with Crippen LogP contribution in [0.1, 0.15) is 12.0 Å². The number of carboxylic acids is 1. The molecule has 1 atom stereocenters. The molecule has 0 radical (unpaired) electrons. The van der Waals surface area contributed by atoms with Gasteiger partial charge in [-0.25, -0.2) is 0 Å². The molecule has 1 saturated heterocycles. The number of hydrogen-bond donors (Lipinski definition) is 1. The maximum Gasteiger partial charge on any atom is 0.307 e. The normalized spacial score (nSPS) is 20.4. The zero-order chi connectivity index (χ0) is 12.3. The fraction of sp³-hybridized carbons (Fsp3) is 0.462. The predicted octanol–water partition coefficient (Wildman–Crippen LogP) is 1.60. The van der Waals surface area contributed by atoms with Gasteiger partial charge >= 0.3 is 5.97 Å². The molecule has 1 heterocycles. The lowest BCUT2D eigenvalue weighted by molar-refractivity contribution is -0.141. The summed E-state index contributed by atoms with van der Waals surface area (Å²) in [4.78, 5) is 13.0. The molecular formula is C13H17NO3. The van der Waals surface area contributed by atoms with Crippen molar-refractivity contribution in [1.82, 2.24) is 4.90 Å². The molecule has 1 aliphatic heterocycles. The highest BCUT2D eigenvalue weighted by atomic mass is 16.5. The largest absolute Gasteiger partial charge is 0.496 e. The molecule has 0 aliphatic carbocycles. The maximum atomic E-state index is 10.9. The van der Waals surface area contributed by atoms with E-state index < -0.39 is 5.97 Å². The molecule has 1 aliphatic rings. The molecule has 17 heavy (non-hydrogen) atoms. The number of methoxy groups -OCH3 is 1. The second kappa shape index (κ2) is 5.19. The van der Waals surface area contributed by atoms with Gasteiger partial charge in [-0.2, -0.15) is 0 Å². The van der Waals surface area contributed by atoms with Crippen molar-refractivity contribution in [3.05, 3.63) is 29.8 Å². The monoisotopic (exact) mass is 235 g/mol. The molecule has 1 N–H and O–H groups in total. The molecule has 1 unspecified atom stereocenters. The lowest BCUT2D eigenvalue weighted by Crippen LogP contribution is -2.23. The summed E-state index contributed by atoms with van der Waals surface area (Å²) in [5.74, 6) is -0.0384. The third kappa shape index (κ3) is 2.77. The van der Waals surface area contributed by atoms with Crippen molar-refractivity contribution in [1.29, 1.82) is 0 Å². The molecule has 0 bridgehead atoms. The number of benzene rings is 1. The van der Waals surface area contributed by atoms with Gasteiger partial charge in [0.15, 0.2) is 0 Å². The van der Waals surface area contributed by atoms with Crippen molar-refractivity contribution in [3.8, 4) is 5.75 Å². The van der Waals surface area contributed by atoms with E-state index in [1.807, 2.05) is 24.3 Å². The second-order valence-electron chi connectivity index (χ2n) is 4.37. The van der Waals surface area contributed by atoms with Crippen molar-refractivity contribution in [2.45, 2.75) is 13.0 Å². The first-order valence-electron chi connectivity index (χ1n) is 5.77. The van der Waals surface area contributed by atoms with Crippen molar-refractivity contribution < 1.29 is 14.6 Å². The summed E-state index contributed by atoms with van der Waals surface area (Å²) in [7, 11) is 1.66. The number of para-hydroxylation sites is 1. The van der Waals surface area contributed by atoms with Gasteiger partial charge in [-0.3, -0.25) is 9.69 Å². The number of ether oxygens (including phenoxy) is 1. The lowest BCUT2D eigenvalue weighted by Gasteiger charge is -2.17. The van der Waals surface area contributed by atoms with Crippen LogP contribution in [0.15, 0.2) is 24.3 Å². The third-order valence-electron chi connectivity index (χ3n) is 3.21. The van der Waals surface area contributed by atoms with E-state index in [-0.39, 0.29) is 5.92 Å². The number of carbonyl (C=O) groups is 1. The zero-order valence-corrected chi connectivity index (χ0v) is 9.93. The van der Waals surface area contributed by atoms with Crippen molar-refractivity contribution in [3.63, 3.8) is 0 Å². The first kappa shape index (κ1) is 11.9. The Morgan fingerprint density at radius 2 is 2.29 bits per heavy atom. The van der Waals surface area contributed by atoms with Crippen LogP contribution in [0, 0.1) is 5.92 Å². The van der Waals surface area contributed by atoms with E-state index in [0.29, 0.717) is 6.54 Å². The zero-order valence-electron chi connectivity index (χ0n) is 9.93. The van der Waals surface area contributed by atoms with Gasteiger partial charge in [-0.05, 0) is 19.0 Å². The van der Waals surface area contributed by atoms with E-state index in [4.69, 9.17) is 9.84 Å². The summed E-state index contributed by atoms with van der Waals surface area (Å²) in [6, 6.07) is 7.86. The van der Waals surface area contributed by atoms with Crippen LogP contribution in [0.4, 0.5) is 0 Å². The van der Waals surface area contributed by atoms with Gasteiger partial charge in [0.25, 0.3) is 0 Å². The molecule has 1 aromatic carbocycles. The Bertz CT molecular complexity index is 405. The van der Waals surface area contributed by atoms with Gasteiger partial charge in [0.1, 0.15) is 5.75 Å². The Balaban J connectivity index is 2.00. The van der Waals surface area contributed by atoms with Crippen LogP contribution in [0.3, 0.4) is 0 Å². The Morgan fingerprint density at radius 1 is 1.53 bits per heavy atom. The van der Waals surface area contributed by atoms with Crippen LogP contribution >= 0.6 is 0 Å². The van der Waals surface area contributed by atoms with E-state index >= 15 is 0 Å². The quantitative estimate of drug-likeness (QED) is 0.861. The fourth-order valence-corrected chi connectivity index (χ4v) is 2.25. The van der Waals surface area contributed by atoms with E-state index in [1.54, 1.807) is 7.11 Å². The number of likely N-dealkylation sites (tertiary alicyclic amines) is 1. The fourth-order valence-electron chi connectivity index (χ4n) is 2.25. The minimum atomic E-state index is -0.687. The van der Waals surface area contributed by atoms with Crippen LogP contribution in [-0.2, 0) is 11.3 Å². The van der Waals surface area contributed by atoms with Gasteiger partial charge in [0, 0.05) is 18.7 Å². The summed E-state index contributed by atoms with van der Waals surface area (Å²) >= 11 is 0. The molecule has 0 amide bonds. The number of carboxylic acid groups (broad SMARTS) is 1. The summed E-state index contributed by atoms with van der Waals surface area (Å²) in [5, 5.41) is 8.95. The average Bonchev–Trinajstić information content (AvgIpc) is 2.78. The molecule has 1 fully saturated rings. The molecule has 2 rings (SSSR count). The van der Waals surface area contributed by atoms with Crippen molar-refractivity contribution >= 4 is 5.97 Å². The van der Waals surface area contributed by atoms with Gasteiger partial charge in [-0.15, -0.1) is 0 Å². The molecule has 4 heteroatoms. The van der Waals surface area contributed by atoms with E-state index in [0.717, 1.165) is 30.8 Å². The molecular weight excluding hydrogens is 218 g/mol. The van der Waals surface area contributed by atoms with E-state index in [9.17, 15) is 4.79 Å². The molecule has 1 aromatic rings. The predicted molar refractivity (Wildman–Crippen MR) is 64.0 cm³/mol. The highest BCUT2D eigenvalue weighted by Crippen LogP contribution is 2.23. The molecule has 0 saturated carbocycles. The third-order valence-corrected chi connectivity index (χ3v) is 3.21. The Labute approximate surface area is 101 Å². The highest BCUT2D eigenvalue weighted by Gasteiger charge is 2.28.